The minimum Gasteiger partial charge on any atom is -0.327 e. The van der Waals surface area contributed by atoms with Gasteiger partial charge < -0.3 is 11.1 Å². The number of thioether (sulfide) groups is 1. The fraction of sp³-hybridized carbons (Fsp3) is 0.538. The fourth-order valence-corrected chi connectivity index (χ4v) is 3.37. The van der Waals surface area contributed by atoms with Crippen LogP contribution in [0.4, 0.5) is 5.00 Å². The third-order valence-electron chi connectivity index (χ3n) is 2.84. The van der Waals surface area contributed by atoms with Gasteiger partial charge in [-0.15, -0.1) is 11.3 Å². The first kappa shape index (κ1) is 16.0. The van der Waals surface area contributed by atoms with Crippen LogP contribution in [0.15, 0.2) is 0 Å². The van der Waals surface area contributed by atoms with Gasteiger partial charge in [-0.3, -0.25) is 4.79 Å². The van der Waals surface area contributed by atoms with Gasteiger partial charge in [0.15, 0.2) is 0 Å². The first-order valence-corrected chi connectivity index (χ1v) is 8.10. The Morgan fingerprint density at radius 1 is 1.58 bits per heavy atom. The summed E-state index contributed by atoms with van der Waals surface area (Å²) in [4.78, 5) is 12.9. The topological polar surface area (TPSA) is 78.9 Å². The Kier molecular flexibility index (Phi) is 6.35. The third kappa shape index (κ3) is 4.53. The Hall–Kier alpha value is -1.03. The van der Waals surface area contributed by atoms with Crippen LogP contribution >= 0.6 is 23.1 Å². The maximum Gasteiger partial charge on any atom is 0.235 e. The molecule has 0 aliphatic heterocycles. The molecule has 1 unspecified atom stereocenters. The zero-order chi connectivity index (χ0) is 14.4. The van der Waals surface area contributed by atoms with Gasteiger partial charge in [0, 0.05) is 16.7 Å². The van der Waals surface area contributed by atoms with Gasteiger partial charge in [0.2, 0.25) is 5.91 Å². The average molecular weight is 297 g/mol. The SMILES string of the molecule is CCC(N)CSCC(=O)Nc1sc(C)c(C)c1C#N. The van der Waals surface area contributed by atoms with Crippen LogP contribution < -0.4 is 11.1 Å². The highest BCUT2D eigenvalue weighted by molar-refractivity contribution is 8.00. The molecule has 1 heterocycles. The van der Waals surface area contributed by atoms with E-state index in [-0.39, 0.29) is 11.9 Å². The molecule has 104 valence electrons. The van der Waals surface area contributed by atoms with Crippen LogP contribution in [0.2, 0.25) is 0 Å². The van der Waals surface area contributed by atoms with Gasteiger partial charge in [0.05, 0.1) is 11.3 Å². The second kappa shape index (κ2) is 7.53. The summed E-state index contributed by atoms with van der Waals surface area (Å²) in [5.41, 5.74) is 7.31. The smallest absolute Gasteiger partial charge is 0.235 e. The monoisotopic (exact) mass is 297 g/mol. The van der Waals surface area contributed by atoms with E-state index in [4.69, 9.17) is 11.0 Å². The lowest BCUT2D eigenvalue weighted by Gasteiger charge is -2.07. The molecule has 19 heavy (non-hydrogen) atoms. The molecule has 0 aliphatic rings. The molecule has 0 aliphatic carbocycles. The van der Waals surface area contributed by atoms with Crippen LogP contribution in [0.5, 0.6) is 0 Å². The van der Waals surface area contributed by atoms with E-state index < -0.39 is 0 Å². The second-order valence-corrected chi connectivity index (χ2v) is 6.59. The summed E-state index contributed by atoms with van der Waals surface area (Å²) in [6.45, 7) is 5.88. The minimum atomic E-state index is -0.0777. The summed E-state index contributed by atoms with van der Waals surface area (Å²) in [5, 5.41) is 12.6. The molecule has 1 amide bonds. The van der Waals surface area contributed by atoms with E-state index in [9.17, 15) is 4.79 Å². The molecule has 0 saturated heterocycles. The lowest BCUT2D eigenvalue weighted by Crippen LogP contribution is -2.23. The van der Waals surface area contributed by atoms with Gasteiger partial charge >= 0.3 is 0 Å². The highest BCUT2D eigenvalue weighted by Crippen LogP contribution is 2.31. The molecule has 3 N–H and O–H groups in total. The van der Waals surface area contributed by atoms with E-state index in [1.165, 1.54) is 23.1 Å². The molecule has 0 bridgehead atoms. The molecule has 0 aromatic carbocycles. The zero-order valence-electron chi connectivity index (χ0n) is 11.4. The number of thiophene rings is 1. The molecule has 0 fully saturated rings. The summed E-state index contributed by atoms with van der Waals surface area (Å²) in [7, 11) is 0. The van der Waals surface area contributed by atoms with Crippen molar-refractivity contribution in [1.82, 2.24) is 0 Å². The second-order valence-electron chi connectivity index (χ2n) is 4.33. The number of aryl methyl sites for hydroxylation is 1. The lowest BCUT2D eigenvalue weighted by atomic mass is 10.2. The number of anilines is 1. The number of carbonyl (C=O) groups excluding carboxylic acids is 1. The predicted molar refractivity (Wildman–Crippen MR) is 82.7 cm³/mol. The number of nitrogens with two attached hydrogens (primary N) is 1. The number of nitrogens with zero attached hydrogens (tertiary/aromatic N) is 1. The number of hydrogen-bond donors (Lipinski definition) is 2. The van der Waals surface area contributed by atoms with Gasteiger partial charge in [-0.1, -0.05) is 6.92 Å². The van der Waals surface area contributed by atoms with Crippen molar-refractivity contribution in [2.45, 2.75) is 33.2 Å². The average Bonchev–Trinajstić information content (AvgIpc) is 2.64. The van der Waals surface area contributed by atoms with Crippen LogP contribution in [0.25, 0.3) is 0 Å². The van der Waals surface area contributed by atoms with Crippen molar-refractivity contribution < 1.29 is 4.79 Å². The standard InChI is InChI=1S/C13H19N3OS2/c1-4-10(15)6-18-7-12(17)16-13-11(5-14)8(2)9(3)19-13/h10H,4,6-7,15H2,1-3H3,(H,16,17). The van der Waals surface area contributed by atoms with Crippen LogP contribution in [0, 0.1) is 25.2 Å². The van der Waals surface area contributed by atoms with E-state index >= 15 is 0 Å². The lowest BCUT2D eigenvalue weighted by molar-refractivity contribution is -0.113. The van der Waals surface area contributed by atoms with Crippen LogP contribution in [0.3, 0.4) is 0 Å². The maximum absolute atomic E-state index is 11.8. The Morgan fingerprint density at radius 3 is 2.84 bits per heavy atom. The number of amides is 1. The first-order chi connectivity index (χ1) is 8.99. The van der Waals surface area contributed by atoms with Crippen LogP contribution in [-0.4, -0.2) is 23.5 Å². The number of hydrogen-bond acceptors (Lipinski definition) is 5. The van der Waals surface area contributed by atoms with Crippen molar-refractivity contribution in [2.24, 2.45) is 5.73 Å². The van der Waals surface area contributed by atoms with E-state index in [2.05, 4.69) is 11.4 Å². The molecule has 6 heteroatoms. The van der Waals surface area contributed by atoms with Gasteiger partial charge in [-0.2, -0.15) is 17.0 Å². The van der Waals surface area contributed by atoms with Crippen molar-refractivity contribution in [3.8, 4) is 6.07 Å². The van der Waals surface area contributed by atoms with Crippen molar-refractivity contribution in [3.05, 3.63) is 16.0 Å². The predicted octanol–water partition coefficient (Wildman–Crippen LogP) is 2.65. The third-order valence-corrected chi connectivity index (χ3v) is 5.09. The molecule has 1 aromatic heterocycles. The van der Waals surface area contributed by atoms with Crippen molar-refractivity contribution in [3.63, 3.8) is 0 Å². The molecule has 1 atom stereocenters. The molecule has 0 radical (unpaired) electrons. The molecule has 1 aromatic rings. The highest BCUT2D eigenvalue weighted by Gasteiger charge is 2.14. The molecule has 0 spiro atoms. The maximum atomic E-state index is 11.8. The van der Waals surface area contributed by atoms with Crippen molar-refractivity contribution in [1.29, 1.82) is 5.26 Å². The summed E-state index contributed by atoms with van der Waals surface area (Å²) in [6.07, 6.45) is 0.913. The van der Waals surface area contributed by atoms with Crippen LogP contribution in [0.1, 0.15) is 29.3 Å². The van der Waals surface area contributed by atoms with Gasteiger partial charge in [-0.05, 0) is 25.8 Å². The largest absolute Gasteiger partial charge is 0.327 e. The van der Waals surface area contributed by atoms with Gasteiger partial charge in [0.1, 0.15) is 11.1 Å². The fourth-order valence-electron chi connectivity index (χ4n) is 1.43. The summed E-state index contributed by atoms with van der Waals surface area (Å²) in [5.74, 6) is 1.07. The molecule has 1 rings (SSSR count). The van der Waals surface area contributed by atoms with Gasteiger partial charge in [0.25, 0.3) is 0 Å². The Bertz CT molecular complexity index is 491. The van der Waals surface area contributed by atoms with Crippen molar-refractivity contribution >= 4 is 34.0 Å². The Labute approximate surface area is 122 Å². The summed E-state index contributed by atoms with van der Waals surface area (Å²) < 4.78 is 0. The molecule has 4 nitrogen and oxygen atoms in total. The zero-order valence-corrected chi connectivity index (χ0v) is 13.1. The number of rotatable bonds is 6. The molecular weight excluding hydrogens is 278 g/mol. The van der Waals surface area contributed by atoms with E-state index in [0.717, 1.165) is 22.6 Å². The summed E-state index contributed by atoms with van der Waals surface area (Å²) in [6, 6.07) is 2.28. The number of nitriles is 1. The quantitative estimate of drug-likeness (QED) is 0.846. The summed E-state index contributed by atoms with van der Waals surface area (Å²) >= 11 is 2.97. The Morgan fingerprint density at radius 2 is 2.26 bits per heavy atom. The van der Waals surface area contributed by atoms with E-state index in [1.807, 2.05) is 20.8 Å². The van der Waals surface area contributed by atoms with Crippen LogP contribution in [-0.2, 0) is 4.79 Å². The number of nitrogens with one attached hydrogen (secondary N) is 1. The van der Waals surface area contributed by atoms with Crippen molar-refractivity contribution in [2.75, 3.05) is 16.8 Å². The van der Waals surface area contributed by atoms with E-state index in [0.29, 0.717) is 16.3 Å². The highest BCUT2D eigenvalue weighted by atomic mass is 32.2. The minimum absolute atomic E-state index is 0.0777. The van der Waals surface area contributed by atoms with Gasteiger partial charge in [-0.25, -0.2) is 0 Å². The molecule has 0 saturated carbocycles. The van der Waals surface area contributed by atoms with E-state index in [1.54, 1.807) is 0 Å². The molecular formula is C13H19N3OS2. The normalized spacial score (nSPS) is 11.9. The first-order valence-electron chi connectivity index (χ1n) is 6.12. The number of carbonyl (C=O) groups is 1. The Balaban J connectivity index is 2.54.